The molecule has 13 heavy (non-hydrogen) atoms. The van der Waals surface area contributed by atoms with Gasteiger partial charge in [-0.15, -0.1) is 11.3 Å². The Morgan fingerprint density at radius 3 is 2.46 bits per heavy atom. The molecule has 2 aliphatic carbocycles. The van der Waals surface area contributed by atoms with Crippen LogP contribution in [0, 0.1) is 0 Å². The topological polar surface area (TPSA) is 0 Å². The molecule has 1 aromatic heterocycles. The molecule has 0 radical (unpaired) electrons. The van der Waals surface area contributed by atoms with Crippen molar-refractivity contribution in [3.05, 3.63) is 21.9 Å². The summed E-state index contributed by atoms with van der Waals surface area (Å²) >= 11 is 2.02. The third kappa shape index (κ3) is 1.43. The fourth-order valence-corrected chi connectivity index (χ4v) is 3.74. The molecule has 0 spiro atoms. The molecular weight excluding hydrogens is 176 g/mol. The zero-order chi connectivity index (χ0) is 8.67. The van der Waals surface area contributed by atoms with Crippen LogP contribution in [0.1, 0.15) is 60.8 Å². The second-order valence-corrected chi connectivity index (χ2v) is 5.44. The zero-order valence-corrected chi connectivity index (χ0v) is 8.78. The van der Waals surface area contributed by atoms with Gasteiger partial charge in [-0.25, -0.2) is 0 Å². The minimum absolute atomic E-state index is 0.940. The summed E-state index contributed by atoms with van der Waals surface area (Å²) in [6.07, 6.45) is 8.76. The summed E-state index contributed by atoms with van der Waals surface area (Å²) in [4.78, 5) is 1.75. The lowest BCUT2D eigenvalue weighted by Gasteiger charge is -2.09. The predicted octanol–water partition coefficient (Wildman–Crippen LogP) is 4.28. The standard InChI is InChI=1S/C12H16S/c1-2-4-10(3-1)12-11(7-8-13-12)9-5-6-9/h7-10H,1-6H2. The highest BCUT2D eigenvalue weighted by Gasteiger charge is 2.30. The van der Waals surface area contributed by atoms with Crippen LogP contribution < -0.4 is 0 Å². The molecule has 0 aromatic carbocycles. The number of rotatable bonds is 2. The Hall–Kier alpha value is -0.300. The van der Waals surface area contributed by atoms with Crippen molar-refractivity contribution in [3.8, 4) is 0 Å². The Labute approximate surface area is 84.0 Å². The van der Waals surface area contributed by atoms with E-state index < -0.39 is 0 Å². The van der Waals surface area contributed by atoms with Crippen LogP contribution in [0.15, 0.2) is 11.4 Å². The summed E-state index contributed by atoms with van der Waals surface area (Å²) < 4.78 is 0. The second-order valence-electron chi connectivity index (χ2n) is 4.50. The zero-order valence-electron chi connectivity index (χ0n) is 7.96. The normalized spacial score (nSPS) is 24.0. The molecule has 0 aliphatic heterocycles. The van der Waals surface area contributed by atoms with Crippen LogP contribution in [0.25, 0.3) is 0 Å². The van der Waals surface area contributed by atoms with Crippen LogP contribution in [-0.4, -0.2) is 0 Å². The lowest BCUT2D eigenvalue weighted by molar-refractivity contribution is 0.728. The summed E-state index contributed by atoms with van der Waals surface area (Å²) in [6.45, 7) is 0. The largest absolute Gasteiger partial charge is 0.148 e. The van der Waals surface area contributed by atoms with Crippen molar-refractivity contribution in [2.75, 3.05) is 0 Å². The van der Waals surface area contributed by atoms with Crippen molar-refractivity contribution in [1.29, 1.82) is 0 Å². The van der Waals surface area contributed by atoms with Gasteiger partial charge in [0.25, 0.3) is 0 Å². The second kappa shape index (κ2) is 3.13. The number of hydrogen-bond acceptors (Lipinski definition) is 1. The molecular formula is C12H16S. The quantitative estimate of drug-likeness (QED) is 0.656. The average Bonchev–Trinajstić information content (AvgIpc) is 2.72. The minimum atomic E-state index is 0.940. The van der Waals surface area contributed by atoms with Crippen molar-refractivity contribution in [1.82, 2.24) is 0 Å². The molecule has 70 valence electrons. The Kier molecular flexibility index (Phi) is 1.93. The van der Waals surface area contributed by atoms with E-state index >= 15 is 0 Å². The molecule has 0 atom stereocenters. The van der Waals surface area contributed by atoms with Crippen LogP contribution in [0.3, 0.4) is 0 Å². The van der Waals surface area contributed by atoms with Gasteiger partial charge in [0.2, 0.25) is 0 Å². The van der Waals surface area contributed by atoms with Gasteiger partial charge in [-0.1, -0.05) is 12.8 Å². The number of hydrogen-bond donors (Lipinski definition) is 0. The van der Waals surface area contributed by atoms with Gasteiger partial charge in [-0.05, 0) is 54.5 Å². The summed E-state index contributed by atoms with van der Waals surface area (Å²) in [5, 5.41) is 2.31. The van der Waals surface area contributed by atoms with Gasteiger partial charge < -0.3 is 0 Å². The molecule has 0 nitrogen and oxygen atoms in total. The van der Waals surface area contributed by atoms with Gasteiger partial charge in [0.1, 0.15) is 0 Å². The molecule has 2 fully saturated rings. The van der Waals surface area contributed by atoms with Gasteiger partial charge in [0.15, 0.2) is 0 Å². The highest BCUT2D eigenvalue weighted by molar-refractivity contribution is 7.10. The summed E-state index contributed by atoms with van der Waals surface area (Å²) in [6, 6.07) is 2.38. The maximum Gasteiger partial charge on any atom is 0.0111 e. The Balaban J connectivity index is 1.88. The third-order valence-electron chi connectivity index (χ3n) is 3.47. The highest BCUT2D eigenvalue weighted by atomic mass is 32.1. The van der Waals surface area contributed by atoms with E-state index in [1.807, 2.05) is 11.3 Å². The van der Waals surface area contributed by atoms with Crippen molar-refractivity contribution >= 4 is 11.3 Å². The van der Waals surface area contributed by atoms with Crippen LogP contribution in [0.4, 0.5) is 0 Å². The van der Waals surface area contributed by atoms with Crippen molar-refractivity contribution in [2.24, 2.45) is 0 Å². The van der Waals surface area contributed by atoms with E-state index in [-0.39, 0.29) is 0 Å². The average molecular weight is 192 g/mol. The maximum absolute atomic E-state index is 2.38. The lowest BCUT2D eigenvalue weighted by Crippen LogP contribution is -1.92. The van der Waals surface area contributed by atoms with E-state index in [4.69, 9.17) is 0 Å². The first-order valence-electron chi connectivity index (χ1n) is 5.52. The van der Waals surface area contributed by atoms with Gasteiger partial charge in [0.05, 0.1) is 0 Å². The fourth-order valence-electron chi connectivity index (χ4n) is 2.58. The first-order chi connectivity index (χ1) is 6.45. The van der Waals surface area contributed by atoms with E-state index in [1.165, 1.54) is 38.5 Å². The monoisotopic (exact) mass is 192 g/mol. The summed E-state index contributed by atoms with van der Waals surface area (Å²) in [5.41, 5.74) is 1.72. The van der Waals surface area contributed by atoms with Gasteiger partial charge >= 0.3 is 0 Å². The Bertz CT molecular complexity index is 290. The summed E-state index contributed by atoms with van der Waals surface area (Å²) in [5.74, 6) is 1.90. The predicted molar refractivity (Wildman–Crippen MR) is 57.5 cm³/mol. The molecule has 2 saturated carbocycles. The molecule has 0 saturated heterocycles. The SMILES string of the molecule is c1cc(C2CC2)c(C2CCCC2)s1. The highest BCUT2D eigenvalue weighted by Crippen LogP contribution is 2.48. The first kappa shape index (κ1) is 8.05. The van der Waals surface area contributed by atoms with Crippen LogP contribution in [-0.2, 0) is 0 Å². The first-order valence-corrected chi connectivity index (χ1v) is 6.40. The maximum atomic E-state index is 2.38. The Morgan fingerprint density at radius 2 is 1.77 bits per heavy atom. The lowest BCUT2D eigenvalue weighted by atomic mass is 10.0. The summed E-state index contributed by atoms with van der Waals surface area (Å²) in [7, 11) is 0. The fraction of sp³-hybridized carbons (Fsp3) is 0.667. The molecule has 1 heteroatoms. The van der Waals surface area contributed by atoms with E-state index in [0.29, 0.717) is 0 Å². The van der Waals surface area contributed by atoms with Gasteiger partial charge in [-0.2, -0.15) is 0 Å². The van der Waals surface area contributed by atoms with Crippen LogP contribution in [0.5, 0.6) is 0 Å². The van der Waals surface area contributed by atoms with Crippen molar-refractivity contribution in [3.63, 3.8) is 0 Å². The molecule has 0 bridgehead atoms. The van der Waals surface area contributed by atoms with E-state index in [2.05, 4.69) is 11.4 Å². The van der Waals surface area contributed by atoms with E-state index in [0.717, 1.165) is 11.8 Å². The molecule has 1 heterocycles. The molecule has 0 unspecified atom stereocenters. The van der Waals surface area contributed by atoms with Gasteiger partial charge in [0, 0.05) is 4.88 Å². The van der Waals surface area contributed by atoms with Crippen molar-refractivity contribution in [2.45, 2.75) is 50.4 Å². The molecule has 0 amide bonds. The van der Waals surface area contributed by atoms with Crippen LogP contribution in [0.2, 0.25) is 0 Å². The molecule has 2 aliphatic rings. The van der Waals surface area contributed by atoms with Crippen LogP contribution >= 0.6 is 11.3 Å². The van der Waals surface area contributed by atoms with Crippen molar-refractivity contribution < 1.29 is 0 Å². The molecule has 0 N–H and O–H groups in total. The molecule has 3 rings (SSSR count). The third-order valence-corrected chi connectivity index (χ3v) is 4.57. The minimum Gasteiger partial charge on any atom is -0.148 e. The number of thiophene rings is 1. The molecule has 1 aromatic rings. The van der Waals surface area contributed by atoms with Gasteiger partial charge in [-0.3, -0.25) is 0 Å². The van der Waals surface area contributed by atoms with E-state index in [9.17, 15) is 0 Å². The Morgan fingerprint density at radius 1 is 1.00 bits per heavy atom. The van der Waals surface area contributed by atoms with E-state index in [1.54, 1.807) is 10.4 Å². The smallest absolute Gasteiger partial charge is 0.0111 e.